The number of carbonyl (C=O) groups excluding carboxylic acids is 3. The van der Waals surface area contributed by atoms with Crippen LogP contribution in [0.5, 0.6) is 0 Å². The summed E-state index contributed by atoms with van der Waals surface area (Å²) in [4.78, 5) is 43.2. The molecule has 4 heterocycles. The average Bonchev–Trinajstić information content (AvgIpc) is 3.61. The van der Waals surface area contributed by atoms with Gasteiger partial charge < -0.3 is 9.73 Å². The van der Waals surface area contributed by atoms with Crippen LogP contribution in [0.1, 0.15) is 60.6 Å². The molecule has 0 aliphatic carbocycles. The second-order valence-corrected chi connectivity index (χ2v) is 9.00. The number of nitrogens with one attached hydrogen (secondary N) is 1. The maximum absolute atomic E-state index is 12.9. The van der Waals surface area contributed by atoms with E-state index in [1.165, 1.54) is 30.0 Å². The van der Waals surface area contributed by atoms with Crippen LogP contribution in [0.4, 0.5) is 0 Å². The molecule has 2 aliphatic heterocycles. The van der Waals surface area contributed by atoms with Gasteiger partial charge >= 0.3 is 0 Å². The molecule has 0 spiro atoms. The van der Waals surface area contributed by atoms with Crippen molar-refractivity contribution >= 4 is 29.1 Å². The van der Waals surface area contributed by atoms with E-state index in [0.29, 0.717) is 23.4 Å². The van der Waals surface area contributed by atoms with E-state index in [0.717, 1.165) is 18.0 Å². The molecule has 3 amide bonds. The predicted octanol–water partition coefficient (Wildman–Crippen LogP) is 3.70. The van der Waals surface area contributed by atoms with Gasteiger partial charge in [0.2, 0.25) is 0 Å². The second kappa shape index (κ2) is 8.72. The topological polar surface area (TPSA) is 82.9 Å². The summed E-state index contributed by atoms with van der Waals surface area (Å²) in [5.74, 6) is -0.512. The summed E-state index contributed by atoms with van der Waals surface area (Å²) in [5.41, 5.74) is 0.936. The Morgan fingerprint density at radius 3 is 2.59 bits per heavy atom. The van der Waals surface area contributed by atoms with Crippen molar-refractivity contribution in [2.45, 2.75) is 25.4 Å². The lowest BCUT2D eigenvalue weighted by atomic mass is 10.1. The summed E-state index contributed by atoms with van der Waals surface area (Å²) < 4.78 is 5.27. The Hall–Kier alpha value is -3.23. The van der Waals surface area contributed by atoms with E-state index in [1.54, 1.807) is 35.6 Å². The molecule has 8 heteroatoms. The van der Waals surface area contributed by atoms with Gasteiger partial charge in [0.25, 0.3) is 17.7 Å². The van der Waals surface area contributed by atoms with E-state index >= 15 is 0 Å². The molecule has 164 valence electrons. The van der Waals surface area contributed by atoms with Crippen LogP contribution in [-0.4, -0.2) is 47.2 Å². The molecule has 1 unspecified atom stereocenters. The highest BCUT2D eigenvalue weighted by Crippen LogP contribution is 2.29. The number of nitrogens with zero attached hydrogens (tertiary/aromatic N) is 2. The quantitative estimate of drug-likeness (QED) is 0.556. The van der Waals surface area contributed by atoms with E-state index in [4.69, 9.17) is 4.42 Å². The summed E-state index contributed by atoms with van der Waals surface area (Å²) in [6.45, 7) is 2.62. The summed E-state index contributed by atoms with van der Waals surface area (Å²) in [5, 5.41) is 5.08. The van der Waals surface area contributed by atoms with Crippen LogP contribution in [0.2, 0.25) is 0 Å². The molecule has 1 saturated heterocycles. The van der Waals surface area contributed by atoms with Crippen molar-refractivity contribution in [1.82, 2.24) is 15.1 Å². The summed E-state index contributed by atoms with van der Waals surface area (Å²) in [6.07, 6.45) is 3.85. The lowest BCUT2D eigenvalue weighted by Crippen LogP contribution is -2.36. The fraction of sp³-hybridized carbons (Fsp3) is 0.292. The third-order valence-electron chi connectivity index (χ3n) is 6.04. The van der Waals surface area contributed by atoms with Gasteiger partial charge in [0.1, 0.15) is 5.76 Å². The highest BCUT2D eigenvalue weighted by Gasteiger charge is 2.36. The zero-order valence-corrected chi connectivity index (χ0v) is 18.3. The summed E-state index contributed by atoms with van der Waals surface area (Å²) >= 11 is 1.70. The van der Waals surface area contributed by atoms with Gasteiger partial charge in [0, 0.05) is 17.0 Å². The summed E-state index contributed by atoms with van der Waals surface area (Å²) in [7, 11) is 0. The van der Waals surface area contributed by atoms with Gasteiger partial charge in [-0.1, -0.05) is 6.07 Å². The monoisotopic (exact) mass is 449 g/mol. The number of benzene rings is 1. The van der Waals surface area contributed by atoms with Gasteiger partial charge in [0.15, 0.2) is 0 Å². The number of rotatable bonds is 7. The number of carbonyl (C=O) groups is 3. The van der Waals surface area contributed by atoms with Crippen LogP contribution in [0.3, 0.4) is 0 Å². The predicted molar refractivity (Wildman–Crippen MR) is 120 cm³/mol. The van der Waals surface area contributed by atoms with Crippen LogP contribution in [0.15, 0.2) is 58.5 Å². The minimum absolute atomic E-state index is 0.0687. The zero-order chi connectivity index (χ0) is 22.1. The van der Waals surface area contributed by atoms with Crippen molar-refractivity contribution in [2.75, 3.05) is 19.6 Å². The Kier molecular flexibility index (Phi) is 5.63. The number of likely N-dealkylation sites (tertiary alicyclic amines) is 1. The van der Waals surface area contributed by atoms with Crippen LogP contribution in [0.25, 0.3) is 0 Å². The van der Waals surface area contributed by atoms with Crippen LogP contribution < -0.4 is 5.32 Å². The van der Waals surface area contributed by atoms with Crippen LogP contribution in [0, 0.1) is 0 Å². The third-order valence-corrected chi connectivity index (χ3v) is 7.01. The molecule has 1 atom stereocenters. The van der Waals surface area contributed by atoms with Gasteiger partial charge in [0.05, 0.1) is 30.0 Å². The van der Waals surface area contributed by atoms with Crippen LogP contribution >= 0.6 is 11.3 Å². The highest BCUT2D eigenvalue weighted by atomic mass is 32.1. The van der Waals surface area contributed by atoms with Crippen molar-refractivity contribution in [3.63, 3.8) is 0 Å². The average molecular weight is 450 g/mol. The number of amides is 3. The van der Waals surface area contributed by atoms with E-state index in [1.807, 2.05) is 6.07 Å². The fourth-order valence-corrected chi connectivity index (χ4v) is 5.23. The minimum Gasteiger partial charge on any atom is -0.467 e. The molecule has 1 fully saturated rings. The van der Waals surface area contributed by atoms with Crippen LogP contribution in [-0.2, 0) is 6.54 Å². The van der Waals surface area contributed by atoms with Crippen molar-refractivity contribution in [1.29, 1.82) is 0 Å². The zero-order valence-electron chi connectivity index (χ0n) is 17.5. The first-order chi connectivity index (χ1) is 15.6. The lowest BCUT2D eigenvalue weighted by molar-refractivity contribution is 0.0631. The third kappa shape index (κ3) is 3.87. The Morgan fingerprint density at radius 1 is 1.06 bits per heavy atom. The van der Waals surface area contributed by atoms with E-state index in [-0.39, 0.29) is 30.0 Å². The van der Waals surface area contributed by atoms with Gasteiger partial charge in [-0.2, -0.15) is 0 Å². The smallest absolute Gasteiger partial charge is 0.261 e. The van der Waals surface area contributed by atoms with Gasteiger partial charge in [-0.3, -0.25) is 24.2 Å². The Morgan fingerprint density at radius 2 is 1.88 bits per heavy atom. The normalized spacial score (nSPS) is 17.1. The number of imide groups is 1. The van der Waals surface area contributed by atoms with Gasteiger partial charge in [-0.15, -0.1) is 11.3 Å². The van der Waals surface area contributed by atoms with Crippen molar-refractivity contribution < 1.29 is 18.8 Å². The SMILES string of the molecule is O=C(NCC(c1cccs1)N1CCCC1)c1ccc2c(c1)C(=O)N(Cc1ccco1)C2=O. The van der Waals surface area contributed by atoms with Crippen molar-refractivity contribution in [2.24, 2.45) is 0 Å². The molecule has 2 aromatic heterocycles. The fourth-order valence-electron chi connectivity index (χ4n) is 4.37. The Balaban J connectivity index is 1.30. The summed E-state index contributed by atoms with van der Waals surface area (Å²) in [6, 6.07) is 12.4. The van der Waals surface area contributed by atoms with E-state index in [9.17, 15) is 14.4 Å². The molecule has 0 saturated carbocycles. The van der Waals surface area contributed by atoms with Crippen molar-refractivity contribution in [3.05, 3.63) is 81.4 Å². The molecule has 5 rings (SSSR count). The minimum atomic E-state index is -0.412. The Bertz CT molecular complexity index is 1130. The molecule has 1 N–H and O–H groups in total. The molecule has 32 heavy (non-hydrogen) atoms. The number of fused-ring (bicyclic) bond motifs is 1. The number of hydrogen-bond donors (Lipinski definition) is 1. The number of hydrogen-bond acceptors (Lipinski definition) is 6. The molecule has 0 radical (unpaired) electrons. The number of thiophene rings is 1. The molecular weight excluding hydrogens is 426 g/mol. The molecule has 3 aromatic rings. The molecular formula is C24H23N3O4S. The highest BCUT2D eigenvalue weighted by molar-refractivity contribution is 7.10. The second-order valence-electron chi connectivity index (χ2n) is 8.02. The molecule has 2 aliphatic rings. The molecule has 7 nitrogen and oxygen atoms in total. The van der Waals surface area contributed by atoms with Gasteiger partial charge in [-0.25, -0.2) is 0 Å². The van der Waals surface area contributed by atoms with E-state index in [2.05, 4.69) is 21.7 Å². The first-order valence-corrected chi connectivity index (χ1v) is 11.6. The Labute approximate surface area is 189 Å². The molecule has 0 bridgehead atoms. The van der Waals surface area contributed by atoms with Crippen molar-refractivity contribution in [3.8, 4) is 0 Å². The first kappa shape index (κ1) is 20.7. The maximum Gasteiger partial charge on any atom is 0.261 e. The standard InChI is InChI=1S/C24H23N3O4S/c28-22(25-14-20(21-6-4-12-32-21)26-9-1-2-10-26)16-7-8-18-19(13-16)24(30)27(23(18)29)15-17-5-3-11-31-17/h3-8,11-13,20H,1-2,9-10,14-15H2,(H,25,28). The maximum atomic E-state index is 12.9. The largest absolute Gasteiger partial charge is 0.467 e. The van der Waals surface area contributed by atoms with E-state index < -0.39 is 5.91 Å². The first-order valence-electron chi connectivity index (χ1n) is 10.7. The molecule has 1 aromatic carbocycles. The van der Waals surface area contributed by atoms with Gasteiger partial charge in [-0.05, 0) is 67.7 Å². The lowest BCUT2D eigenvalue weighted by Gasteiger charge is -2.27. The number of furan rings is 1.